The van der Waals surface area contributed by atoms with Gasteiger partial charge >= 0.3 is 0 Å². The number of nitrogens with zero attached hydrogens (tertiary/aromatic N) is 1. The van der Waals surface area contributed by atoms with Crippen molar-refractivity contribution in [1.29, 1.82) is 0 Å². The number of rotatable bonds is 6. The van der Waals surface area contributed by atoms with Crippen molar-refractivity contribution >= 4 is 23.5 Å². The fraction of sp³-hybridized carbons (Fsp3) is 0.200. The third-order valence-electron chi connectivity index (χ3n) is 2.87. The van der Waals surface area contributed by atoms with Gasteiger partial charge in [0.2, 0.25) is 5.91 Å². The second-order valence-electron chi connectivity index (χ2n) is 4.46. The van der Waals surface area contributed by atoms with Gasteiger partial charge in [-0.3, -0.25) is 4.79 Å². The number of hydrogen-bond acceptors (Lipinski definition) is 5. The fourth-order valence-corrected chi connectivity index (χ4v) is 1.68. The van der Waals surface area contributed by atoms with Crippen molar-refractivity contribution in [3.05, 3.63) is 48.1 Å². The number of pyridine rings is 1. The first-order chi connectivity index (χ1) is 10.2. The number of anilines is 2. The first kappa shape index (κ1) is 14.6. The highest BCUT2D eigenvalue weighted by atomic mass is 16.3. The third kappa shape index (κ3) is 4.38. The zero-order chi connectivity index (χ0) is 15.1. The van der Waals surface area contributed by atoms with Crippen LogP contribution in [0, 0.1) is 6.92 Å². The molecular weight excluding hydrogens is 268 g/mol. The average Bonchev–Trinajstić information content (AvgIpc) is 2.99. The van der Waals surface area contributed by atoms with Crippen molar-refractivity contribution in [3.8, 4) is 0 Å². The monoisotopic (exact) mass is 286 g/mol. The number of furan rings is 1. The second-order valence-corrected chi connectivity index (χ2v) is 4.46. The molecule has 0 bridgehead atoms. The van der Waals surface area contributed by atoms with Crippen LogP contribution in [0.25, 0.3) is 6.08 Å². The smallest absolute Gasteiger partial charge is 0.244 e. The number of nitrogens with two attached hydrogens (primary N) is 1. The van der Waals surface area contributed by atoms with E-state index in [1.807, 2.05) is 13.0 Å². The SMILES string of the molecule is Cc1ccnc(NCCNC(=O)/C=C/c2ccco2)c1N. The van der Waals surface area contributed by atoms with Crippen molar-refractivity contribution in [3.63, 3.8) is 0 Å². The molecule has 0 spiro atoms. The van der Waals surface area contributed by atoms with Gasteiger partial charge in [-0.1, -0.05) is 0 Å². The van der Waals surface area contributed by atoms with Gasteiger partial charge in [0.15, 0.2) is 0 Å². The van der Waals surface area contributed by atoms with E-state index in [9.17, 15) is 4.79 Å². The van der Waals surface area contributed by atoms with E-state index >= 15 is 0 Å². The number of hydrogen-bond donors (Lipinski definition) is 3. The molecule has 0 aliphatic carbocycles. The fourth-order valence-electron chi connectivity index (χ4n) is 1.68. The minimum atomic E-state index is -0.182. The summed E-state index contributed by atoms with van der Waals surface area (Å²) in [5, 5.41) is 5.84. The highest BCUT2D eigenvalue weighted by molar-refractivity contribution is 5.91. The highest BCUT2D eigenvalue weighted by Crippen LogP contribution is 2.17. The lowest BCUT2D eigenvalue weighted by Gasteiger charge is -2.09. The van der Waals surface area contributed by atoms with Crippen molar-refractivity contribution in [1.82, 2.24) is 10.3 Å². The molecule has 0 aliphatic heterocycles. The van der Waals surface area contributed by atoms with Crippen molar-refractivity contribution in [2.45, 2.75) is 6.92 Å². The summed E-state index contributed by atoms with van der Waals surface area (Å²) in [7, 11) is 0. The van der Waals surface area contributed by atoms with Gasteiger partial charge < -0.3 is 20.8 Å². The van der Waals surface area contributed by atoms with E-state index in [2.05, 4.69) is 15.6 Å². The molecule has 1 amide bonds. The Morgan fingerprint density at radius 1 is 1.43 bits per heavy atom. The Bertz CT molecular complexity index is 621. The van der Waals surface area contributed by atoms with Gasteiger partial charge in [-0.15, -0.1) is 0 Å². The quantitative estimate of drug-likeness (QED) is 0.556. The Balaban J connectivity index is 1.72. The zero-order valence-corrected chi connectivity index (χ0v) is 11.8. The van der Waals surface area contributed by atoms with Crippen LogP contribution in [0.4, 0.5) is 11.5 Å². The molecule has 0 fully saturated rings. The summed E-state index contributed by atoms with van der Waals surface area (Å²) in [6.45, 7) is 2.93. The lowest BCUT2D eigenvalue weighted by atomic mass is 10.2. The molecule has 2 heterocycles. The predicted octanol–water partition coefficient (Wildman–Crippen LogP) is 1.81. The Kier molecular flexibility index (Phi) is 4.98. The molecule has 4 N–H and O–H groups in total. The molecule has 2 aromatic rings. The number of aryl methyl sites for hydroxylation is 1. The van der Waals surface area contributed by atoms with Crippen LogP contribution in [0.3, 0.4) is 0 Å². The molecule has 0 unspecified atom stereocenters. The van der Waals surface area contributed by atoms with Crippen LogP contribution in [0.2, 0.25) is 0 Å². The summed E-state index contributed by atoms with van der Waals surface area (Å²) < 4.78 is 5.09. The lowest BCUT2D eigenvalue weighted by Crippen LogP contribution is -2.27. The summed E-state index contributed by atoms with van der Waals surface area (Å²) in [5.74, 6) is 1.09. The van der Waals surface area contributed by atoms with Crippen LogP contribution in [0.5, 0.6) is 0 Å². The third-order valence-corrected chi connectivity index (χ3v) is 2.87. The lowest BCUT2D eigenvalue weighted by molar-refractivity contribution is -0.116. The minimum Gasteiger partial charge on any atom is -0.465 e. The molecule has 0 saturated carbocycles. The van der Waals surface area contributed by atoms with Crippen LogP contribution in [-0.2, 0) is 4.79 Å². The number of nitrogen functional groups attached to an aromatic ring is 1. The normalized spacial score (nSPS) is 10.7. The Morgan fingerprint density at radius 2 is 2.29 bits per heavy atom. The summed E-state index contributed by atoms with van der Waals surface area (Å²) in [4.78, 5) is 15.7. The first-order valence-corrected chi connectivity index (χ1v) is 6.61. The molecule has 0 atom stereocenters. The molecule has 6 nitrogen and oxygen atoms in total. The number of nitrogens with one attached hydrogen (secondary N) is 2. The van der Waals surface area contributed by atoms with E-state index in [-0.39, 0.29) is 5.91 Å². The van der Waals surface area contributed by atoms with Crippen molar-refractivity contribution in [2.75, 3.05) is 24.1 Å². The van der Waals surface area contributed by atoms with Gasteiger partial charge in [0.05, 0.1) is 12.0 Å². The molecule has 0 aromatic carbocycles. The van der Waals surface area contributed by atoms with Gasteiger partial charge in [-0.05, 0) is 36.8 Å². The van der Waals surface area contributed by atoms with E-state index in [0.29, 0.717) is 30.4 Å². The van der Waals surface area contributed by atoms with E-state index in [1.54, 1.807) is 30.7 Å². The number of aromatic nitrogens is 1. The van der Waals surface area contributed by atoms with Crippen molar-refractivity contribution in [2.24, 2.45) is 0 Å². The Morgan fingerprint density at radius 3 is 3.05 bits per heavy atom. The predicted molar refractivity (Wildman–Crippen MR) is 82.6 cm³/mol. The summed E-state index contributed by atoms with van der Waals surface area (Å²) in [5.41, 5.74) is 7.49. The number of carbonyl (C=O) groups is 1. The number of amides is 1. The molecule has 21 heavy (non-hydrogen) atoms. The Hall–Kier alpha value is -2.76. The van der Waals surface area contributed by atoms with Crippen molar-refractivity contribution < 1.29 is 9.21 Å². The zero-order valence-electron chi connectivity index (χ0n) is 11.8. The van der Waals surface area contributed by atoms with E-state index in [4.69, 9.17) is 10.2 Å². The van der Waals surface area contributed by atoms with Gasteiger partial charge in [0, 0.05) is 25.4 Å². The summed E-state index contributed by atoms with van der Waals surface area (Å²) in [6, 6.07) is 5.39. The molecule has 0 saturated heterocycles. The van der Waals surface area contributed by atoms with Gasteiger partial charge in [0.1, 0.15) is 11.6 Å². The van der Waals surface area contributed by atoms with E-state index < -0.39 is 0 Å². The molecule has 0 aliphatic rings. The molecule has 2 rings (SSSR count). The summed E-state index contributed by atoms with van der Waals surface area (Å²) >= 11 is 0. The maximum atomic E-state index is 11.6. The van der Waals surface area contributed by atoms with Crippen LogP contribution in [-0.4, -0.2) is 24.0 Å². The average molecular weight is 286 g/mol. The molecule has 6 heteroatoms. The summed E-state index contributed by atoms with van der Waals surface area (Å²) in [6.07, 6.45) is 6.29. The Labute approximate surface area is 123 Å². The highest BCUT2D eigenvalue weighted by Gasteiger charge is 2.02. The minimum absolute atomic E-state index is 0.182. The number of carbonyl (C=O) groups excluding carboxylic acids is 1. The van der Waals surface area contributed by atoms with Gasteiger partial charge in [-0.25, -0.2) is 4.98 Å². The molecule has 110 valence electrons. The maximum Gasteiger partial charge on any atom is 0.244 e. The van der Waals surface area contributed by atoms with Crippen LogP contribution in [0.1, 0.15) is 11.3 Å². The van der Waals surface area contributed by atoms with E-state index in [0.717, 1.165) is 5.56 Å². The van der Waals surface area contributed by atoms with Crippen LogP contribution < -0.4 is 16.4 Å². The van der Waals surface area contributed by atoms with Gasteiger partial charge in [0.25, 0.3) is 0 Å². The standard InChI is InChI=1S/C15H18N4O2/c1-11-6-7-18-15(14(11)16)19-9-8-17-13(20)5-4-12-3-2-10-21-12/h2-7,10H,8-9,16H2,1H3,(H,17,20)(H,18,19)/b5-4+. The molecular formula is C15H18N4O2. The van der Waals surface area contributed by atoms with Crippen LogP contribution in [0.15, 0.2) is 41.2 Å². The van der Waals surface area contributed by atoms with Gasteiger partial charge in [-0.2, -0.15) is 0 Å². The maximum absolute atomic E-state index is 11.6. The molecule has 0 radical (unpaired) electrons. The van der Waals surface area contributed by atoms with Crippen LogP contribution >= 0.6 is 0 Å². The first-order valence-electron chi connectivity index (χ1n) is 6.61. The second kappa shape index (κ2) is 7.14. The van der Waals surface area contributed by atoms with E-state index in [1.165, 1.54) is 6.08 Å². The molecule has 2 aromatic heterocycles. The topological polar surface area (TPSA) is 93.2 Å². The largest absolute Gasteiger partial charge is 0.465 e.